The van der Waals surface area contributed by atoms with Crippen LogP contribution in [0.3, 0.4) is 0 Å². The Kier molecular flexibility index (Phi) is 6.89. The van der Waals surface area contributed by atoms with Gasteiger partial charge >= 0.3 is 5.97 Å². The number of benzene rings is 1. The van der Waals surface area contributed by atoms with Crippen LogP contribution in [0.5, 0.6) is 0 Å². The maximum atomic E-state index is 13.2. The summed E-state index contributed by atoms with van der Waals surface area (Å²) in [6.07, 6.45) is 4.33. The van der Waals surface area contributed by atoms with Crippen LogP contribution in [0.25, 0.3) is 0 Å². The van der Waals surface area contributed by atoms with Crippen LogP contribution in [-0.2, 0) is 26.6 Å². The first-order valence-corrected chi connectivity index (χ1v) is 12.2. The quantitative estimate of drug-likeness (QED) is 0.514. The lowest BCUT2D eigenvalue weighted by molar-refractivity contribution is -0.119. The Balaban J connectivity index is 1.82. The molecular formula is C20H25N3O5S2. The Bertz CT molecular complexity index is 1050. The molecule has 10 heteroatoms. The molecule has 162 valence electrons. The first-order chi connectivity index (χ1) is 14.3. The van der Waals surface area contributed by atoms with E-state index in [0.29, 0.717) is 18.5 Å². The van der Waals surface area contributed by atoms with Crippen molar-refractivity contribution in [1.82, 2.24) is 8.87 Å². The number of thioether (sulfide) groups is 1. The van der Waals surface area contributed by atoms with E-state index in [1.54, 1.807) is 31.8 Å². The number of nitrogens with zero attached hydrogens (tertiary/aromatic N) is 2. The largest absolute Gasteiger partial charge is 0.461 e. The van der Waals surface area contributed by atoms with Crippen molar-refractivity contribution in [3.05, 3.63) is 42.2 Å². The average Bonchev–Trinajstić information content (AvgIpc) is 3.36. The van der Waals surface area contributed by atoms with Crippen molar-refractivity contribution in [2.45, 2.75) is 35.6 Å². The van der Waals surface area contributed by atoms with Crippen molar-refractivity contribution in [2.75, 3.05) is 24.7 Å². The molecule has 0 radical (unpaired) electrons. The summed E-state index contributed by atoms with van der Waals surface area (Å²) in [5.41, 5.74) is 0.768. The molecule has 30 heavy (non-hydrogen) atoms. The van der Waals surface area contributed by atoms with Crippen molar-refractivity contribution < 1.29 is 22.7 Å². The third kappa shape index (κ3) is 4.55. The highest BCUT2D eigenvalue weighted by molar-refractivity contribution is 7.98. The molecule has 0 aliphatic carbocycles. The molecule has 1 N–H and O–H groups in total. The molecular weight excluding hydrogens is 426 g/mol. The molecule has 0 unspecified atom stereocenters. The molecule has 1 aromatic heterocycles. The molecule has 0 bridgehead atoms. The van der Waals surface area contributed by atoms with E-state index in [0.717, 1.165) is 4.90 Å². The summed E-state index contributed by atoms with van der Waals surface area (Å²) in [5, 5.41) is 2.83. The van der Waals surface area contributed by atoms with E-state index in [4.69, 9.17) is 4.74 Å². The van der Waals surface area contributed by atoms with Crippen LogP contribution in [-0.4, -0.2) is 54.6 Å². The second kappa shape index (κ2) is 9.23. The van der Waals surface area contributed by atoms with Crippen LogP contribution in [0.15, 0.2) is 46.3 Å². The third-order valence-electron chi connectivity index (χ3n) is 4.91. The number of aromatic nitrogens is 1. The second-order valence-corrected chi connectivity index (χ2v) is 9.66. The fraction of sp³-hybridized carbons (Fsp3) is 0.400. The molecule has 1 atom stereocenters. The first-order valence-electron chi connectivity index (χ1n) is 9.58. The lowest BCUT2D eigenvalue weighted by Gasteiger charge is -2.23. The van der Waals surface area contributed by atoms with E-state index in [9.17, 15) is 18.0 Å². The molecule has 1 saturated heterocycles. The zero-order valence-corrected chi connectivity index (χ0v) is 18.8. The minimum absolute atomic E-state index is 0.0304. The van der Waals surface area contributed by atoms with Crippen LogP contribution in [0.4, 0.5) is 5.69 Å². The zero-order chi connectivity index (χ0) is 21.9. The number of aryl methyl sites for hydroxylation is 1. The maximum Gasteiger partial charge on any atom is 0.354 e. The number of hydrogen-bond acceptors (Lipinski definition) is 6. The van der Waals surface area contributed by atoms with Crippen LogP contribution in [0.1, 0.15) is 30.3 Å². The van der Waals surface area contributed by atoms with Gasteiger partial charge in [0.25, 0.3) is 0 Å². The van der Waals surface area contributed by atoms with Gasteiger partial charge in [-0.15, -0.1) is 11.8 Å². The number of carbonyl (C=O) groups is 2. The molecule has 0 saturated carbocycles. The lowest BCUT2D eigenvalue weighted by atomic mass is 10.2. The summed E-state index contributed by atoms with van der Waals surface area (Å²) in [7, 11) is -2.37. The van der Waals surface area contributed by atoms with E-state index in [1.165, 1.54) is 21.1 Å². The Morgan fingerprint density at radius 1 is 1.30 bits per heavy atom. The number of rotatable bonds is 7. The molecule has 2 aromatic rings. The van der Waals surface area contributed by atoms with Crippen molar-refractivity contribution >= 4 is 39.3 Å². The SMILES string of the molecule is CCOC(=O)c1cc(S(=O)(=O)N2CCC[C@@H]2C(=O)Nc2cccc(SC)c2)cn1C. The normalized spacial score (nSPS) is 17.1. The minimum atomic E-state index is -3.95. The first kappa shape index (κ1) is 22.4. The fourth-order valence-corrected chi connectivity index (χ4v) is 5.62. The number of hydrogen-bond donors (Lipinski definition) is 1. The highest BCUT2D eigenvalue weighted by Crippen LogP contribution is 2.28. The molecule has 0 spiro atoms. The Morgan fingerprint density at radius 3 is 2.77 bits per heavy atom. The van der Waals surface area contributed by atoms with Crippen molar-refractivity contribution in [2.24, 2.45) is 7.05 Å². The van der Waals surface area contributed by atoms with E-state index in [2.05, 4.69) is 5.32 Å². The topological polar surface area (TPSA) is 97.7 Å². The van der Waals surface area contributed by atoms with Crippen LogP contribution in [0, 0.1) is 0 Å². The number of nitrogens with one attached hydrogen (secondary N) is 1. The maximum absolute atomic E-state index is 13.2. The van der Waals surface area contributed by atoms with Crippen molar-refractivity contribution in [3.63, 3.8) is 0 Å². The second-order valence-electron chi connectivity index (χ2n) is 6.89. The van der Waals surface area contributed by atoms with E-state index in [-0.39, 0.29) is 29.6 Å². The summed E-state index contributed by atoms with van der Waals surface area (Å²) in [6.45, 7) is 2.12. The monoisotopic (exact) mass is 451 g/mol. The van der Waals surface area contributed by atoms with Gasteiger partial charge < -0.3 is 14.6 Å². The molecule has 1 fully saturated rings. The number of carbonyl (C=O) groups excluding carboxylic acids is 2. The molecule has 2 heterocycles. The Hall–Kier alpha value is -2.30. The predicted molar refractivity (Wildman–Crippen MR) is 115 cm³/mol. The summed E-state index contributed by atoms with van der Waals surface area (Å²) >= 11 is 1.56. The van der Waals surface area contributed by atoms with Crippen molar-refractivity contribution in [1.29, 1.82) is 0 Å². The standard InChI is InChI=1S/C20H25N3O5S2/c1-4-28-20(25)18-12-16(13-22(18)2)30(26,27)23-10-6-9-17(23)19(24)21-14-7-5-8-15(11-14)29-3/h5,7-8,11-13,17H,4,6,9-10H2,1-3H3,(H,21,24)/t17-/m1/s1. The molecule has 1 amide bonds. The Labute approximate surface area is 180 Å². The smallest absolute Gasteiger partial charge is 0.354 e. The third-order valence-corrected chi connectivity index (χ3v) is 7.51. The predicted octanol–water partition coefficient (Wildman–Crippen LogP) is 2.72. The number of sulfonamides is 1. The van der Waals surface area contributed by atoms with E-state index < -0.39 is 22.0 Å². The van der Waals surface area contributed by atoms with Gasteiger partial charge in [-0.25, -0.2) is 13.2 Å². The summed E-state index contributed by atoms with van der Waals surface area (Å²) in [5.74, 6) is -0.957. The highest BCUT2D eigenvalue weighted by Gasteiger charge is 2.40. The van der Waals surface area contributed by atoms with Gasteiger partial charge in [-0.1, -0.05) is 6.07 Å². The van der Waals surface area contributed by atoms with Crippen LogP contribution < -0.4 is 5.32 Å². The van der Waals surface area contributed by atoms with Gasteiger partial charge in [0.15, 0.2) is 0 Å². The lowest BCUT2D eigenvalue weighted by Crippen LogP contribution is -2.43. The Morgan fingerprint density at radius 2 is 2.07 bits per heavy atom. The van der Waals surface area contributed by atoms with Gasteiger partial charge in [0.2, 0.25) is 15.9 Å². The molecule has 1 aliphatic rings. The molecule has 1 aromatic carbocycles. The highest BCUT2D eigenvalue weighted by atomic mass is 32.2. The van der Waals surface area contributed by atoms with E-state index in [1.807, 2.05) is 24.5 Å². The van der Waals surface area contributed by atoms with E-state index >= 15 is 0 Å². The van der Waals surface area contributed by atoms with Gasteiger partial charge in [0, 0.05) is 30.4 Å². The average molecular weight is 452 g/mol. The summed E-state index contributed by atoms with van der Waals surface area (Å²) in [4.78, 5) is 25.9. The van der Waals surface area contributed by atoms with Crippen LogP contribution >= 0.6 is 11.8 Å². The number of ether oxygens (including phenoxy) is 1. The van der Waals surface area contributed by atoms with Gasteiger partial charge in [-0.3, -0.25) is 4.79 Å². The van der Waals surface area contributed by atoms with Crippen LogP contribution in [0.2, 0.25) is 0 Å². The van der Waals surface area contributed by atoms with Gasteiger partial charge in [0.1, 0.15) is 16.6 Å². The number of esters is 1. The van der Waals surface area contributed by atoms with Gasteiger partial charge in [-0.2, -0.15) is 4.31 Å². The summed E-state index contributed by atoms with van der Waals surface area (Å²) in [6, 6.07) is 7.88. The van der Waals surface area contributed by atoms with Crippen molar-refractivity contribution in [3.8, 4) is 0 Å². The molecule has 3 rings (SSSR count). The fourth-order valence-electron chi connectivity index (χ4n) is 3.43. The number of amides is 1. The van der Waals surface area contributed by atoms with Gasteiger partial charge in [-0.05, 0) is 50.3 Å². The molecule has 8 nitrogen and oxygen atoms in total. The van der Waals surface area contributed by atoms with Gasteiger partial charge in [0.05, 0.1) is 6.61 Å². The molecule has 1 aliphatic heterocycles. The summed E-state index contributed by atoms with van der Waals surface area (Å²) < 4.78 is 34.1. The zero-order valence-electron chi connectivity index (χ0n) is 17.1. The minimum Gasteiger partial charge on any atom is -0.461 e. The number of anilines is 1.